The largest absolute Gasteiger partial charge is 0.338 e. The molecule has 132 valence electrons. The van der Waals surface area contributed by atoms with Crippen LogP contribution in [0.2, 0.25) is 0 Å². The number of hydrogen-bond donors (Lipinski definition) is 1. The maximum Gasteiger partial charge on any atom is 0.240 e. The maximum atomic E-state index is 13.0. The molecule has 0 aromatic heterocycles. The zero-order chi connectivity index (χ0) is 14.7. The molecule has 3 atom stereocenters. The standard InChI is InChI=1S/C16H31N3O.2ClH/c1-12(2)15(18-7-5-4-6-8-18)16(20)19-11-14(10-17)9-13(19)3;;/h12-15H,4-11,17H2,1-3H3;2*1H. The quantitative estimate of drug-likeness (QED) is 0.844. The fourth-order valence-electron chi connectivity index (χ4n) is 3.85. The van der Waals surface area contributed by atoms with E-state index in [0.717, 1.165) is 26.1 Å². The first kappa shape index (κ1) is 22.0. The van der Waals surface area contributed by atoms with Crippen LogP contribution in [0.4, 0.5) is 0 Å². The van der Waals surface area contributed by atoms with E-state index >= 15 is 0 Å². The van der Waals surface area contributed by atoms with E-state index in [0.29, 0.717) is 30.3 Å². The van der Waals surface area contributed by atoms with Crippen LogP contribution in [0.1, 0.15) is 46.5 Å². The van der Waals surface area contributed by atoms with Crippen molar-refractivity contribution in [3.05, 3.63) is 0 Å². The number of nitrogens with two attached hydrogens (primary N) is 1. The van der Waals surface area contributed by atoms with Crippen molar-refractivity contribution in [3.8, 4) is 0 Å². The highest BCUT2D eigenvalue weighted by atomic mass is 35.5. The highest BCUT2D eigenvalue weighted by Crippen LogP contribution is 2.26. The number of likely N-dealkylation sites (tertiary alicyclic amines) is 2. The molecule has 2 aliphatic rings. The van der Waals surface area contributed by atoms with Gasteiger partial charge in [-0.2, -0.15) is 0 Å². The molecule has 2 rings (SSSR count). The van der Waals surface area contributed by atoms with Crippen LogP contribution in [0.5, 0.6) is 0 Å². The molecule has 2 N–H and O–H groups in total. The van der Waals surface area contributed by atoms with Gasteiger partial charge in [0.1, 0.15) is 0 Å². The Bertz CT molecular complexity index is 335. The van der Waals surface area contributed by atoms with Gasteiger partial charge < -0.3 is 10.6 Å². The average molecular weight is 354 g/mol. The van der Waals surface area contributed by atoms with Crippen molar-refractivity contribution in [2.45, 2.75) is 58.5 Å². The molecule has 2 heterocycles. The van der Waals surface area contributed by atoms with E-state index in [4.69, 9.17) is 5.73 Å². The molecule has 4 nitrogen and oxygen atoms in total. The topological polar surface area (TPSA) is 49.6 Å². The fraction of sp³-hybridized carbons (Fsp3) is 0.938. The van der Waals surface area contributed by atoms with Crippen LogP contribution in [0.3, 0.4) is 0 Å². The Labute approximate surface area is 148 Å². The molecule has 0 bridgehead atoms. The average Bonchev–Trinajstić information content (AvgIpc) is 2.81. The number of piperidine rings is 1. The number of carbonyl (C=O) groups is 1. The molecular formula is C16H33Cl2N3O. The summed E-state index contributed by atoms with van der Waals surface area (Å²) < 4.78 is 0. The van der Waals surface area contributed by atoms with Crippen molar-refractivity contribution in [2.75, 3.05) is 26.2 Å². The van der Waals surface area contributed by atoms with Crippen LogP contribution >= 0.6 is 24.8 Å². The Morgan fingerprint density at radius 2 is 1.77 bits per heavy atom. The molecule has 0 aromatic carbocycles. The summed E-state index contributed by atoms with van der Waals surface area (Å²) in [6.07, 6.45) is 4.84. The van der Waals surface area contributed by atoms with Crippen LogP contribution in [0, 0.1) is 11.8 Å². The molecule has 0 radical (unpaired) electrons. The van der Waals surface area contributed by atoms with Gasteiger partial charge in [-0.15, -0.1) is 24.8 Å². The summed E-state index contributed by atoms with van der Waals surface area (Å²) >= 11 is 0. The molecular weight excluding hydrogens is 321 g/mol. The van der Waals surface area contributed by atoms with Crippen LogP contribution in [0.25, 0.3) is 0 Å². The third-order valence-electron chi connectivity index (χ3n) is 4.95. The zero-order valence-electron chi connectivity index (χ0n) is 14.2. The summed E-state index contributed by atoms with van der Waals surface area (Å²) in [5, 5.41) is 0. The lowest BCUT2D eigenvalue weighted by atomic mass is 9.97. The SMILES string of the molecule is CC(C)C(C(=O)N1CC(CN)CC1C)N1CCCCC1.Cl.Cl. The Balaban J connectivity index is 0.00000220. The predicted molar refractivity (Wildman–Crippen MR) is 96.9 cm³/mol. The number of amides is 1. The maximum absolute atomic E-state index is 13.0. The van der Waals surface area contributed by atoms with Gasteiger partial charge in [-0.25, -0.2) is 0 Å². The van der Waals surface area contributed by atoms with Gasteiger partial charge in [-0.3, -0.25) is 9.69 Å². The minimum atomic E-state index is 0. The summed E-state index contributed by atoms with van der Waals surface area (Å²) in [4.78, 5) is 17.5. The zero-order valence-corrected chi connectivity index (χ0v) is 15.8. The van der Waals surface area contributed by atoms with Gasteiger partial charge >= 0.3 is 0 Å². The molecule has 1 amide bonds. The van der Waals surface area contributed by atoms with Crippen molar-refractivity contribution < 1.29 is 4.79 Å². The van der Waals surface area contributed by atoms with E-state index in [9.17, 15) is 4.79 Å². The van der Waals surface area contributed by atoms with Crippen molar-refractivity contribution >= 4 is 30.7 Å². The van der Waals surface area contributed by atoms with E-state index in [1.807, 2.05) is 0 Å². The summed E-state index contributed by atoms with van der Waals surface area (Å²) in [6.45, 7) is 10.2. The number of carbonyl (C=O) groups excluding carboxylic acids is 1. The highest BCUT2D eigenvalue weighted by molar-refractivity contribution is 5.85. The first-order chi connectivity index (χ1) is 9.54. The monoisotopic (exact) mass is 353 g/mol. The Kier molecular flexibility index (Phi) is 9.95. The minimum absolute atomic E-state index is 0. The van der Waals surface area contributed by atoms with Gasteiger partial charge in [-0.1, -0.05) is 20.3 Å². The fourth-order valence-corrected chi connectivity index (χ4v) is 3.85. The van der Waals surface area contributed by atoms with E-state index in [1.165, 1.54) is 19.3 Å². The third-order valence-corrected chi connectivity index (χ3v) is 4.95. The number of rotatable bonds is 4. The minimum Gasteiger partial charge on any atom is -0.338 e. The van der Waals surface area contributed by atoms with Gasteiger partial charge in [0.25, 0.3) is 0 Å². The first-order valence-corrected chi connectivity index (χ1v) is 8.29. The Morgan fingerprint density at radius 1 is 1.18 bits per heavy atom. The molecule has 3 unspecified atom stereocenters. The molecule has 0 spiro atoms. The molecule has 2 saturated heterocycles. The van der Waals surface area contributed by atoms with Gasteiger partial charge in [0.05, 0.1) is 6.04 Å². The Hall–Kier alpha value is -0.0300. The molecule has 0 aromatic rings. The summed E-state index contributed by atoms with van der Waals surface area (Å²) in [5.41, 5.74) is 5.79. The summed E-state index contributed by atoms with van der Waals surface area (Å²) in [7, 11) is 0. The van der Waals surface area contributed by atoms with Crippen molar-refractivity contribution in [1.82, 2.24) is 9.80 Å². The lowest BCUT2D eigenvalue weighted by molar-refractivity contribution is -0.139. The number of nitrogens with zero attached hydrogens (tertiary/aromatic N) is 2. The third kappa shape index (κ3) is 4.98. The highest BCUT2D eigenvalue weighted by Gasteiger charge is 2.38. The molecule has 0 saturated carbocycles. The summed E-state index contributed by atoms with van der Waals surface area (Å²) in [6, 6.07) is 0.413. The van der Waals surface area contributed by atoms with Gasteiger partial charge in [0.2, 0.25) is 5.91 Å². The molecule has 22 heavy (non-hydrogen) atoms. The lowest BCUT2D eigenvalue weighted by Crippen LogP contribution is -2.53. The van der Waals surface area contributed by atoms with E-state index in [-0.39, 0.29) is 30.9 Å². The summed E-state index contributed by atoms with van der Waals surface area (Å²) in [5.74, 6) is 1.21. The van der Waals surface area contributed by atoms with Crippen molar-refractivity contribution in [1.29, 1.82) is 0 Å². The molecule has 6 heteroatoms. The normalized spacial score (nSPS) is 27.2. The molecule has 0 aliphatic carbocycles. The molecule has 2 fully saturated rings. The Morgan fingerprint density at radius 3 is 2.23 bits per heavy atom. The number of hydrogen-bond acceptors (Lipinski definition) is 3. The second-order valence-corrected chi connectivity index (χ2v) is 6.96. The van der Waals surface area contributed by atoms with Crippen LogP contribution in [-0.4, -0.2) is 54.0 Å². The van der Waals surface area contributed by atoms with Crippen LogP contribution < -0.4 is 5.73 Å². The first-order valence-electron chi connectivity index (χ1n) is 8.29. The van der Waals surface area contributed by atoms with Crippen molar-refractivity contribution in [3.63, 3.8) is 0 Å². The second-order valence-electron chi connectivity index (χ2n) is 6.96. The smallest absolute Gasteiger partial charge is 0.240 e. The second kappa shape index (κ2) is 9.96. The van der Waals surface area contributed by atoms with Gasteiger partial charge in [-0.05, 0) is 57.7 Å². The van der Waals surface area contributed by atoms with Crippen molar-refractivity contribution in [2.24, 2.45) is 17.6 Å². The lowest BCUT2D eigenvalue weighted by Gasteiger charge is -2.38. The van der Waals surface area contributed by atoms with Gasteiger partial charge in [0, 0.05) is 12.6 Å². The molecule has 2 aliphatic heterocycles. The van der Waals surface area contributed by atoms with E-state index < -0.39 is 0 Å². The van der Waals surface area contributed by atoms with Crippen LogP contribution in [0.15, 0.2) is 0 Å². The van der Waals surface area contributed by atoms with E-state index in [1.54, 1.807) is 0 Å². The predicted octanol–water partition coefficient (Wildman–Crippen LogP) is 2.54. The van der Waals surface area contributed by atoms with Gasteiger partial charge in [0.15, 0.2) is 0 Å². The van der Waals surface area contributed by atoms with E-state index in [2.05, 4.69) is 30.6 Å². The van der Waals surface area contributed by atoms with Crippen LogP contribution in [-0.2, 0) is 4.79 Å². The number of halogens is 2.